The van der Waals surface area contributed by atoms with E-state index in [1.54, 1.807) is 0 Å². The Labute approximate surface area is 193 Å². The number of rotatable bonds is 8. The van der Waals surface area contributed by atoms with Gasteiger partial charge in [-0.25, -0.2) is 9.13 Å². The summed E-state index contributed by atoms with van der Waals surface area (Å²) in [5.41, 5.74) is -1.91. The van der Waals surface area contributed by atoms with Crippen LogP contribution in [0.1, 0.15) is 94.9 Å². The van der Waals surface area contributed by atoms with Gasteiger partial charge in [0.25, 0.3) is 0 Å². The molecule has 4 N–H and O–H groups in total. The molecule has 0 bridgehead atoms. The molecule has 1 aliphatic rings. The topological polar surface area (TPSA) is 134 Å². The predicted octanol–water partition coefficient (Wildman–Crippen LogP) is 6.23. The number of allylic oxidation sites excluding steroid dienone is 1. The van der Waals surface area contributed by atoms with Crippen LogP contribution in [0.25, 0.3) is 0 Å². The van der Waals surface area contributed by atoms with Crippen molar-refractivity contribution in [3.63, 3.8) is 0 Å². The summed E-state index contributed by atoms with van der Waals surface area (Å²) in [5.74, 6) is 0.125. The van der Waals surface area contributed by atoms with Gasteiger partial charge in [0.2, 0.25) is 0 Å². The van der Waals surface area contributed by atoms with E-state index in [-0.39, 0.29) is 12.2 Å². The Morgan fingerprint density at radius 3 is 1.50 bits per heavy atom. The van der Waals surface area contributed by atoms with Crippen LogP contribution in [0.5, 0.6) is 0 Å². The fourth-order valence-electron chi connectivity index (χ4n) is 6.13. The lowest BCUT2D eigenvalue weighted by atomic mass is 9.46. The molecule has 1 aliphatic carbocycles. The molecule has 0 heterocycles. The highest BCUT2D eigenvalue weighted by Gasteiger charge is 2.65. The Morgan fingerprint density at radius 2 is 1.25 bits per heavy atom. The molecule has 8 nitrogen and oxygen atoms in total. The Morgan fingerprint density at radius 1 is 0.781 bits per heavy atom. The van der Waals surface area contributed by atoms with Gasteiger partial charge in [-0.3, -0.25) is 14.3 Å². The first kappa shape index (κ1) is 29.6. The van der Waals surface area contributed by atoms with Crippen molar-refractivity contribution in [2.45, 2.75) is 101 Å². The Hall–Kier alpha value is -0.460. The normalized spacial score (nSPS) is 26.1. The minimum absolute atomic E-state index is 0.125. The fraction of sp³-hybridized carbons (Fsp3) is 0.818. The van der Waals surface area contributed by atoms with Crippen molar-refractivity contribution >= 4 is 15.6 Å². The van der Waals surface area contributed by atoms with Crippen LogP contribution < -0.4 is 0 Å². The fourth-order valence-corrected chi connectivity index (χ4v) is 7.37. The smallest absolute Gasteiger partial charge is 0.404 e. The molecule has 10 heteroatoms. The molecular formula is C22H42O8P2. The van der Waals surface area contributed by atoms with Crippen LogP contribution in [0.3, 0.4) is 0 Å². The van der Waals surface area contributed by atoms with Gasteiger partial charge in [0, 0.05) is 11.0 Å². The number of phosphoric ester groups is 2. The number of hydrogen-bond donors (Lipinski definition) is 4. The highest BCUT2D eigenvalue weighted by atomic mass is 31.2. The third kappa shape index (κ3) is 5.12. The number of hydrogen-bond acceptors (Lipinski definition) is 4. The summed E-state index contributed by atoms with van der Waals surface area (Å²) in [4.78, 5) is 39.8. The van der Waals surface area contributed by atoms with Crippen molar-refractivity contribution in [2.75, 3.05) is 0 Å². The lowest BCUT2D eigenvalue weighted by molar-refractivity contribution is -0.101. The second kappa shape index (κ2) is 9.30. The molecule has 32 heavy (non-hydrogen) atoms. The van der Waals surface area contributed by atoms with Gasteiger partial charge in [0.1, 0.15) is 11.4 Å². The summed E-state index contributed by atoms with van der Waals surface area (Å²) < 4.78 is 35.7. The summed E-state index contributed by atoms with van der Waals surface area (Å²) in [6.45, 7) is 19.0. The van der Waals surface area contributed by atoms with Gasteiger partial charge < -0.3 is 14.3 Å². The Balaban J connectivity index is 4.52. The van der Waals surface area contributed by atoms with Crippen molar-refractivity contribution in [2.24, 2.45) is 16.2 Å². The van der Waals surface area contributed by atoms with Crippen molar-refractivity contribution in [1.82, 2.24) is 0 Å². The van der Waals surface area contributed by atoms with Gasteiger partial charge >= 0.3 is 15.6 Å². The quantitative estimate of drug-likeness (QED) is 0.291. The van der Waals surface area contributed by atoms with E-state index in [4.69, 9.17) is 9.05 Å². The highest BCUT2D eigenvalue weighted by Crippen LogP contribution is 2.69. The van der Waals surface area contributed by atoms with E-state index in [2.05, 4.69) is 0 Å². The monoisotopic (exact) mass is 496 g/mol. The van der Waals surface area contributed by atoms with Crippen molar-refractivity contribution in [3.8, 4) is 0 Å². The van der Waals surface area contributed by atoms with Gasteiger partial charge in [0.15, 0.2) is 0 Å². The molecule has 2 atom stereocenters. The third-order valence-electron chi connectivity index (χ3n) is 6.75. The van der Waals surface area contributed by atoms with Crippen LogP contribution in [0, 0.1) is 16.2 Å². The zero-order valence-electron chi connectivity index (χ0n) is 21.1. The largest absolute Gasteiger partial charge is 0.524 e. The molecule has 0 aromatic carbocycles. The zero-order valence-corrected chi connectivity index (χ0v) is 22.9. The average Bonchev–Trinajstić information content (AvgIpc) is 2.56. The maximum Gasteiger partial charge on any atom is 0.524 e. The minimum Gasteiger partial charge on any atom is -0.404 e. The van der Waals surface area contributed by atoms with Crippen LogP contribution in [-0.4, -0.2) is 25.2 Å². The molecule has 0 saturated carbocycles. The molecule has 0 fully saturated rings. The maximum atomic E-state index is 12.4. The Bertz CT molecular complexity index is 865. The molecule has 0 spiro atoms. The predicted molar refractivity (Wildman–Crippen MR) is 126 cm³/mol. The van der Waals surface area contributed by atoms with Crippen molar-refractivity contribution < 1.29 is 37.8 Å². The lowest BCUT2D eigenvalue weighted by Gasteiger charge is -2.62. The summed E-state index contributed by atoms with van der Waals surface area (Å²) in [5, 5.41) is 0. The molecule has 188 valence electrons. The molecular weight excluding hydrogens is 454 g/mol. The summed E-state index contributed by atoms with van der Waals surface area (Å²) in [6, 6.07) is 0. The SMILES string of the molecule is CCC1=C(C(C)(C)C)C(OP(=O)(O)O)=C(CC)C(CC)(C(C)(C)C)C1(CC)OP(=O)(O)O. The van der Waals surface area contributed by atoms with Crippen LogP contribution in [-0.2, 0) is 18.2 Å². The van der Waals surface area contributed by atoms with E-state index >= 15 is 0 Å². The van der Waals surface area contributed by atoms with Crippen molar-refractivity contribution in [1.29, 1.82) is 0 Å². The van der Waals surface area contributed by atoms with Gasteiger partial charge in [-0.1, -0.05) is 69.2 Å². The van der Waals surface area contributed by atoms with E-state index in [1.165, 1.54) is 0 Å². The lowest BCUT2D eigenvalue weighted by Crippen LogP contribution is -2.60. The van der Waals surface area contributed by atoms with E-state index in [9.17, 15) is 28.7 Å². The summed E-state index contributed by atoms with van der Waals surface area (Å²) >= 11 is 0. The first-order valence-corrected chi connectivity index (χ1v) is 14.2. The van der Waals surface area contributed by atoms with Gasteiger partial charge in [0.05, 0.1) is 0 Å². The minimum atomic E-state index is -4.96. The second-order valence-corrected chi connectivity index (χ2v) is 12.8. The number of phosphoric acid groups is 2. The van der Waals surface area contributed by atoms with Crippen molar-refractivity contribution in [3.05, 3.63) is 22.5 Å². The summed E-state index contributed by atoms with van der Waals surface area (Å²) in [6.07, 6.45) is 1.41. The van der Waals surface area contributed by atoms with E-state index in [1.807, 2.05) is 69.2 Å². The first-order valence-electron chi connectivity index (χ1n) is 11.2. The zero-order chi connectivity index (χ0) is 25.6. The van der Waals surface area contributed by atoms with E-state index in [0.717, 1.165) is 0 Å². The molecule has 0 saturated heterocycles. The summed E-state index contributed by atoms with van der Waals surface area (Å²) in [7, 11) is -9.88. The molecule has 2 unspecified atom stereocenters. The van der Waals surface area contributed by atoms with Gasteiger partial charge in [-0.15, -0.1) is 0 Å². The average molecular weight is 497 g/mol. The molecule has 1 rings (SSSR count). The first-order chi connectivity index (χ1) is 14.2. The molecule has 0 aromatic rings. The van der Waals surface area contributed by atoms with Gasteiger partial charge in [-0.2, -0.15) is 0 Å². The molecule has 0 aliphatic heterocycles. The van der Waals surface area contributed by atoms with E-state index in [0.29, 0.717) is 36.0 Å². The van der Waals surface area contributed by atoms with Gasteiger partial charge in [-0.05, 0) is 47.7 Å². The van der Waals surface area contributed by atoms with Crippen LogP contribution in [0.4, 0.5) is 0 Å². The second-order valence-electron chi connectivity index (χ2n) is 10.5. The molecule has 0 amide bonds. The Kier molecular flexibility index (Phi) is 8.59. The molecule has 0 radical (unpaired) electrons. The maximum absolute atomic E-state index is 12.4. The third-order valence-corrected chi connectivity index (χ3v) is 7.72. The van der Waals surface area contributed by atoms with E-state index < -0.39 is 37.5 Å². The van der Waals surface area contributed by atoms with Crippen LogP contribution in [0.2, 0.25) is 0 Å². The van der Waals surface area contributed by atoms with Crippen LogP contribution >= 0.6 is 15.6 Å². The highest BCUT2D eigenvalue weighted by molar-refractivity contribution is 7.46. The van der Waals surface area contributed by atoms with Crippen LogP contribution in [0.15, 0.2) is 22.5 Å². The standard InChI is InChI=1S/C22H42O8P2/c1-11-15-17(19(5,6)7)18(29-31(23,24)25)16(12-2)21(13-3,20(8,9)10)22(15,14-4)30-32(26,27)28/h11-14H2,1-10H3,(H2,23,24,25)(H2,26,27,28). The molecule has 0 aromatic heterocycles.